The highest BCUT2D eigenvalue weighted by Gasteiger charge is 2.29. The Kier molecular flexibility index (Phi) is 3.12. The number of carboxylic acid groups (broad SMARTS) is 1. The lowest BCUT2D eigenvalue weighted by Gasteiger charge is -2.30. The van der Waals surface area contributed by atoms with Crippen LogP contribution in [0.1, 0.15) is 33.0 Å². The third-order valence-electron chi connectivity index (χ3n) is 4.30. The van der Waals surface area contributed by atoms with Crippen molar-refractivity contribution in [3.8, 4) is 0 Å². The smallest absolute Gasteiger partial charge is 0.337 e. The average molecular weight is 301 g/mol. The van der Waals surface area contributed by atoms with Crippen molar-refractivity contribution in [2.45, 2.75) is 5.92 Å². The molecular weight excluding hydrogens is 286 g/mol. The fourth-order valence-electron chi connectivity index (χ4n) is 3.30. The third kappa shape index (κ3) is 2.18. The van der Waals surface area contributed by atoms with Crippen molar-refractivity contribution in [2.24, 2.45) is 0 Å². The minimum absolute atomic E-state index is 0.0305. The van der Waals surface area contributed by atoms with Crippen molar-refractivity contribution in [2.75, 3.05) is 5.32 Å². The monoisotopic (exact) mass is 301 g/mol. The molecule has 1 heterocycles. The Bertz CT molecular complexity index is 887. The van der Waals surface area contributed by atoms with E-state index in [1.807, 2.05) is 48.5 Å². The van der Waals surface area contributed by atoms with Gasteiger partial charge in [-0.2, -0.15) is 0 Å². The Morgan fingerprint density at radius 3 is 2.30 bits per heavy atom. The van der Waals surface area contributed by atoms with Crippen LogP contribution in [0.15, 0.2) is 72.8 Å². The zero-order chi connectivity index (χ0) is 15.8. The lowest BCUT2D eigenvalue weighted by Crippen LogP contribution is -2.16. The van der Waals surface area contributed by atoms with E-state index in [4.69, 9.17) is 0 Å². The standard InChI is InChI=1S/C20H15NO2/c22-20(23)16-11-6-10-15-18(13-7-2-1-3-8-13)14-9-4-5-12-17(14)21-19(15)16/h1-12,18,21H,(H,22,23). The molecule has 1 unspecified atom stereocenters. The quantitative estimate of drug-likeness (QED) is 0.568. The normalized spacial score (nSPS) is 15.2. The molecule has 4 rings (SSSR count). The maximum absolute atomic E-state index is 11.6. The highest BCUT2D eigenvalue weighted by molar-refractivity contribution is 5.97. The molecule has 3 heteroatoms. The zero-order valence-electron chi connectivity index (χ0n) is 12.4. The van der Waals surface area contributed by atoms with E-state index >= 15 is 0 Å². The molecule has 0 bridgehead atoms. The fraction of sp³-hybridized carbons (Fsp3) is 0.0500. The van der Waals surface area contributed by atoms with Crippen LogP contribution < -0.4 is 5.32 Å². The first-order valence-electron chi connectivity index (χ1n) is 7.53. The number of aromatic carboxylic acids is 1. The van der Waals surface area contributed by atoms with Gasteiger partial charge >= 0.3 is 5.97 Å². The second kappa shape index (κ2) is 5.29. The van der Waals surface area contributed by atoms with Gasteiger partial charge in [0.05, 0.1) is 11.3 Å². The van der Waals surface area contributed by atoms with Gasteiger partial charge in [0.1, 0.15) is 0 Å². The van der Waals surface area contributed by atoms with E-state index in [9.17, 15) is 9.90 Å². The summed E-state index contributed by atoms with van der Waals surface area (Å²) < 4.78 is 0. The summed E-state index contributed by atoms with van der Waals surface area (Å²) in [5.41, 5.74) is 5.27. The van der Waals surface area contributed by atoms with Crippen molar-refractivity contribution in [1.82, 2.24) is 0 Å². The van der Waals surface area contributed by atoms with Gasteiger partial charge < -0.3 is 10.4 Å². The number of anilines is 2. The van der Waals surface area contributed by atoms with Crippen LogP contribution in [-0.4, -0.2) is 11.1 Å². The first kappa shape index (κ1) is 13.6. The van der Waals surface area contributed by atoms with Crippen LogP contribution in [0.3, 0.4) is 0 Å². The minimum atomic E-state index is -0.916. The number of nitrogens with one attached hydrogen (secondary N) is 1. The molecule has 0 fully saturated rings. The van der Waals surface area contributed by atoms with Gasteiger partial charge in [-0.3, -0.25) is 0 Å². The number of benzene rings is 3. The van der Waals surface area contributed by atoms with E-state index in [2.05, 4.69) is 23.5 Å². The largest absolute Gasteiger partial charge is 0.478 e. The summed E-state index contributed by atoms with van der Waals surface area (Å²) in [6, 6.07) is 23.7. The van der Waals surface area contributed by atoms with Crippen molar-refractivity contribution in [1.29, 1.82) is 0 Å². The highest BCUT2D eigenvalue weighted by atomic mass is 16.4. The van der Waals surface area contributed by atoms with Gasteiger partial charge in [0.25, 0.3) is 0 Å². The molecule has 3 aromatic rings. The first-order valence-corrected chi connectivity index (χ1v) is 7.53. The molecular formula is C20H15NO2. The molecule has 2 N–H and O–H groups in total. The Labute approximate surface area is 134 Å². The van der Waals surface area contributed by atoms with E-state index in [-0.39, 0.29) is 5.92 Å². The zero-order valence-corrected chi connectivity index (χ0v) is 12.4. The molecule has 0 saturated heterocycles. The van der Waals surface area contributed by atoms with Crippen LogP contribution in [0.4, 0.5) is 11.4 Å². The molecule has 0 aromatic heterocycles. The summed E-state index contributed by atoms with van der Waals surface area (Å²) in [5.74, 6) is -0.886. The molecule has 1 aliphatic rings. The maximum atomic E-state index is 11.6. The molecule has 1 atom stereocenters. The molecule has 0 aliphatic carbocycles. The number of carbonyl (C=O) groups is 1. The summed E-state index contributed by atoms with van der Waals surface area (Å²) in [5, 5.41) is 12.8. The predicted molar refractivity (Wildman–Crippen MR) is 90.5 cm³/mol. The summed E-state index contributed by atoms with van der Waals surface area (Å²) in [7, 11) is 0. The number of hydrogen-bond donors (Lipinski definition) is 2. The van der Waals surface area contributed by atoms with Crippen molar-refractivity contribution < 1.29 is 9.90 Å². The SMILES string of the molecule is O=C(O)c1cccc2c1Nc1ccccc1C2c1ccccc1. The summed E-state index contributed by atoms with van der Waals surface area (Å²) >= 11 is 0. The van der Waals surface area contributed by atoms with E-state index in [0.717, 1.165) is 22.4 Å². The fourth-order valence-corrected chi connectivity index (χ4v) is 3.30. The average Bonchev–Trinajstić information content (AvgIpc) is 2.59. The molecule has 0 saturated carbocycles. The Morgan fingerprint density at radius 2 is 1.52 bits per heavy atom. The predicted octanol–water partition coefficient (Wildman–Crippen LogP) is 4.62. The first-order chi connectivity index (χ1) is 11.3. The topological polar surface area (TPSA) is 49.3 Å². The second-order valence-electron chi connectivity index (χ2n) is 5.63. The number of fused-ring (bicyclic) bond motifs is 2. The van der Waals surface area contributed by atoms with Crippen molar-refractivity contribution >= 4 is 17.3 Å². The van der Waals surface area contributed by atoms with Gasteiger partial charge in [0, 0.05) is 11.6 Å². The minimum Gasteiger partial charge on any atom is -0.478 e. The van der Waals surface area contributed by atoms with Crippen molar-refractivity contribution in [3.63, 3.8) is 0 Å². The second-order valence-corrected chi connectivity index (χ2v) is 5.63. The van der Waals surface area contributed by atoms with Gasteiger partial charge in [0.15, 0.2) is 0 Å². The highest BCUT2D eigenvalue weighted by Crippen LogP contribution is 2.45. The number of carboxylic acids is 1. The maximum Gasteiger partial charge on any atom is 0.337 e. The van der Waals surface area contributed by atoms with Gasteiger partial charge in [-0.1, -0.05) is 60.7 Å². The lowest BCUT2D eigenvalue weighted by atomic mass is 9.80. The third-order valence-corrected chi connectivity index (χ3v) is 4.30. The number of hydrogen-bond acceptors (Lipinski definition) is 2. The van der Waals surface area contributed by atoms with Crippen LogP contribution in [-0.2, 0) is 0 Å². The Hall–Kier alpha value is -3.07. The summed E-state index contributed by atoms with van der Waals surface area (Å²) in [6.45, 7) is 0. The van der Waals surface area contributed by atoms with E-state index in [1.165, 1.54) is 0 Å². The van der Waals surface area contributed by atoms with Crippen LogP contribution in [0, 0.1) is 0 Å². The van der Waals surface area contributed by atoms with Gasteiger partial charge in [-0.25, -0.2) is 4.79 Å². The van der Waals surface area contributed by atoms with E-state index in [1.54, 1.807) is 6.07 Å². The van der Waals surface area contributed by atoms with Crippen LogP contribution in [0.2, 0.25) is 0 Å². The van der Waals surface area contributed by atoms with E-state index < -0.39 is 5.97 Å². The van der Waals surface area contributed by atoms with Crippen molar-refractivity contribution in [3.05, 3.63) is 95.1 Å². The Balaban J connectivity index is 2.00. The van der Waals surface area contributed by atoms with Crippen LogP contribution in [0.5, 0.6) is 0 Å². The molecule has 23 heavy (non-hydrogen) atoms. The van der Waals surface area contributed by atoms with Gasteiger partial charge in [-0.15, -0.1) is 0 Å². The molecule has 112 valence electrons. The molecule has 0 spiro atoms. The molecule has 1 aliphatic heterocycles. The molecule has 0 radical (unpaired) electrons. The molecule has 0 amide bonds. The molecule has 3 aromatic carbocycles. The van der Waals surface area contributed by atoms with Crippen LogP contribution >= 0.6 is 0 Å². The number of rotatable bonds is 2. The molecule has 3 nitrogen and oxygen atoms in total. The summed E-state index contributed by atoms with van der Waals surface area (Å²) in [6.07, 6.45) is 0. The van der Waals surface area contributed by atoms with Gasteiger partial charge in [-0.05, 0) is 28.8 Å². The summed E-state index contributed by atoms with van der Waals surface area (Å²) in [4.78, 5) is 11.6. The Morgan fingerprint density at radius 1 is 0.826 bits per heavy atom. The number of para-hydroxylation sites is 2. The van der Waals surface area contributed by atoms with Gasteiger partial charge in [0.2, 0.25) is 0 Å². The van der Waals surface area contributed by atoms with E-state index in [0.29, 0.717) is 11.3 Å². The van der Waals surface area contributed by atoms with Crippen LogP contribution in [0.25, 0.3) is 0 Å². The lowest BCUT2D eigenvalue weighted by molar-refractivity contribution is 0.0698.